The fourth-order valence-electron chi connectivity index (χ4n) is 2.00. The topological polar surface area (TPSA) is 30.2 Å². The molecule has 2 aromatic heterocycles. The Labute approximate surface area is 114 Å². The van der Waals surface area contributed by atoms with Crippen molar-refractivity contribution in [1.29, 1.82) is 0 Å². The molecule has 18 heavy (non-hydrogen) atoms. The second kappa shape index (κ2) is 4.53. The molecule has 2 heterocycles. The Morgan fingerprint density at radius 3 is 2.72 bits per heavy atom. The number of hydrogen-bond donors (Lipinski definition) is 0. The number of aryl methyl sites for hydroxylation is 1. The molecule has 0 bridgehead atoms. The van der Waals surface area contributed by atoms with Crippen LogP contribution in [-0.4, -0.2) is 14.4 Å². The van der Waals surface area contributed by atoms with E-state index < -0.39 is 0 Å². The normalized spacial score (nSPS) is 11.0. The molecule has 3 rings (SSSR count). The summed E-state index contributed by atoms with van der Waals surface area (Å²) in [5.41, 5.74) is 3.42. The Hall–Kier alpha value is -1.68. The number of hydrogen-bond acceptors (Lipinski definition) is 2. The minimum Gasteiger partial charge on any atom is -0.296 e. The summed E-state index contributed by atoms with van der Waals surface area (Å²) in [6.45, 7) is 2.15. The van der Waals surface area contributed by atoms with Crippen molar-refractivity contribution in [2.24, 2.45) is 0 Å². The van der Waals surface area contributed by atoms with Crippen LogP contribution in [0.3, 0.4) is 0 Å². The molecule has 90 valence electrons. The van der Waals surface area contributed by atoms with E-state index in [1.165, 1.54) is 5.56 Å². The first-order chi connectivity index (χ1) is 8.79. The monoisotopic (exact) mass is 301 g/mol. The first-order valence-electron chi connectivity index (χ1n) is 5.86. The Morgan fingerprint density at radius 2 is 2.00 bits per heavy atom. The smallest absolute Gasteiger partial charge is 0.145 e. The molecule has 0 saturated heterocycles. The maximum absolute atomic E-state index is 4.56. The lowest BCUT2D eigenvalue weighted by atomic mass is 10.1. The minimum atomic E-state index is 0.824. The van der Waals surface area contributed by atoms with Crippen LogP contribution in [0.2, 0.25) is 0 Å². The first-order valence-corrected chi connectivity index (χ1v) is 6.66. The Morgan fingerprint density at radius 1 is 1.22 bits per heavy atom. The van der Waals surface area contributed by atoms with E-state index in [1.807, 2.05) is 10.6 Å². The van der Waals surface area contributed by atoms with E-state index in [9.17, 15) is 0 Å². The lowest BCUT2D eigenvalue weighted by Gasteiger charge is -2.02. The van der Waals surface area contributed by atoms with E-state index in [-0.39, 0.29) is 0 Å². The van der Waals surface area contributed by atoms with Gasteiger partial charge in [-0.25, -0.2) is 4.98 Å². The highest BCUT2D eigenvalue weighted by molar-refractivity contribution is 9.10. The third-order valence-corrected chi connectivity index (χ3v) is 3.61. The molecule has 3 aromatic rings. The number of aromatic nitrogens is 3. The molecule has 0 amide bonds. The molecule has 1 aromatic carbocycles. The van der Waals surface area contributed by atoms with Gasteiger partial charge in [0.2, 0.25) is 0 Å². The van der Waals surface area contributed by atoms with Gasteiger partial charge in [0.25, 0.3) is 0 Å². The molecule has 0 fully saturated rings. The van der Waals surface area contributed by atoms with Crippen LogP contribution in [0, 0.1) is 0 Å². The van der Waals surface area contributed by atoms with Crippen LogP contribution < -0.4 is 0 Å². The molecule has 0 spiro atoms. The standard InChI is InChI=1S/C14H12BrN3/c1-2-10-3-5-11(6-4-10)14-17-13(15)12-9-16-7-8-18(12)14/h3-9H,2H2,1H3. The highest BCUT2D eigenvalue weighted by atomic mass is 79.9. The summed E-state index contributed by atoms with van der Waals surface area (Å²) in [4.78, 5) is 8.67. The largest absolute Gasteiger partial charge is 0.296 e. The minimum absolute atomic E-state index is 0.824. The van der Waals surface area contributed by atoms with Crippen molar-refractivity contribution in [1.82, 2.24) is 14.4 Å². The zero-order chi connectivity index (χ0) is 12.5. The summed E-state index contributed by atoms with van der Waals surface area (Å²) >= 11 is 3.47. The second-order valence-electron chi connectivity index (χ2n) is 4.11. The molecule has 0 radical (unpaired) electrons. The van der Waals surface area contributed by atoms with Crippen LogP contribution in [0.4, 0.5) is 0 Å². The molecule has 0 atom stereocenters. The summed E-state index contributed by atoms with van der Waals surface area (Å²) < 4.78 is 2.86. The zero-order valence-electron chi connectivity index (χ0n) is 9.97. The van der Waals surface area contributed by atoms with Crippen LogP contribution >= 0.6 is 15.9 Å². The average Bonchev–Trinajstić information content (AvgIpc) is 2.77. The highest BCUT2D eigenvalue weighted by Crippen LogP contribution is 2.25. The molecule has 0 aliphatic rings. The Kier molecular flexibility index (Phi) is 2.88. The van der Waals surface area contributed by atoms with Gasteiger partial charge in [0.15, 0.2) is 0 Å². The number of halogens is 1. The number of imidazole rings is 1. The maximum Gasteiger partial charge on any atom is 0.145 e. The van der Waals surface area contributed by atoms with Crippen molar-refractivity contribution in [3.63, 3.8) is 0 Å². The number of rotatable bonds is 2. The van der Waals surface area contributed by atoms with Crippen LogP contribution in [0.1, 0.15) is 12.5 Å². The first kappa shape index (κ1) is 11.4. The van der Waals surface area contributed by atoms with Crippen molar-refractivity contribution < 1.29 is 0 Å². The third kappa shape index (κ3) is 1.82. The van der Waals surface area contributed by atoms with Gasteiger partial charge in [0.05, 0.1) is 11.7 Å². The van der Waals surface area contributed by atoms with Gasteiger partial charge in [-0.3, -0.25) is 9.38 Å². The number of fused-ring (bicyclic) bond motifs is 1. The van der Waals surface area contributed by atoms with Gasteiger partial charge >= 0.3 is 0 Å². The van der Waals surface area contributed by atoms with E-state index in [1.54, 1.807) is 12.4 Å². The van der Waals surface area contributed by atoms with Gasteiger partial charge < -0.3 is 0 Å². The van der Waals surface area contributed by atoms with Crippen LogP contribution in [0.25, 0.3) is 16.9 Å². The molecule has 0 unspecified atom stereocenters. The SMILES string of the molecule is CCc1ccc(-c2nc(Br)c3cnccn23)cc1. The zero-order valence-corrected chi connectivity index (χ0v) is 11.6. The molecule has 3 nitrogen and oxygen atoms in total. The van der Waals surface area contributed by atoms with Crippen LogP contribution in [0.5, 0.6) is 0 Å². The van der Waals surface area contributed by atoms with Crippen molar-refractivity contribution >= 4 is 21.4 Å². The van der Waals surface area contributed by atoms with Crippen molar-refractivity contribution in [3.05, 3.63) is 53.0 Å². The number of nitrogens with zero attached hydrogens (tertiary/aromatic N) is 3. The fraction of sp³-hybridized carbons (Fsp3) is 0.143. The van der Waals surface area contributed by atoms with Crippen LogP contribution in [-0.2, 0) is 6.42 Å². The van der Waals surface area contributed by atoms with Crippen LogP contribution in [0.15, 0.2) is 47.5 Å². The summed E-state index contributed by atoms with van der Waals surface area (Å²) in [7, 11) is 0. The Balaban J connectivity index is 2.18. The average molecular weight is 302 g/mol. The molecule has 0 aliphatic heterocycles. The van der Waals surface area contributed by atoms with E-state index in [2.05, 4.69) is 57.1 Å². The van der Waals surface area contributed by atoms with Crippen molar-refractivity contribution in [3.8, 4) is 11.4 Å². The lowest BCUT2D eigenvalue weighted by molar-refractivity contribution is 1.11. The summed E-state index contributed by atoms with van der Waals surface area (Å²) in [6, 6.07) is 8.51. The predicted molar refractivity (Wildman–Crippen MR) is 75.5 cm³/mol. The van der Waals surface area contributed by atoms with E-state index >= 15 is 0 Å². The van der Waals surface area contributed by atoms with Gasteiger partial charge in [-0.15, -0.1) is 0 Å². The molecule has 0 saturated carbocycles. The van der Waals surface area contributed by atoms with E-state index in [0.29, 0.717) is 0 Å². The molecular formula is C14H12BrN3. The Bertz CT molecular complexity index is 686. The predicted octanol–water partition coefficient (Wildman–Crippen LogP) is 3.72. The third-order valence-electron chi connectivity index (χ3n) is 3.02. The maximum atomic E-state index is 4.56. The second-order valence-corrected chi connectivity index (χ2v) is 4.86. The molecule has 4 heteroatoms. The molecular weight excluding hydrogens is 290 g/mol. The van der Waals surface area contributed by atoms with Gasteiger partial charge in [-0.05, 0) is 27.9 Å². The van der Waals surface area contributed by atoms with Crippen molar-refractivity contribution in [2.75, 3.05) is 0 Å². The van der Waals surface area contributed by atoms with Crippen molar-refractivity contribution in [2.45, 2.75) is 13.3 Å². The van der Waals surface area contributed by atoms with Gasteiger partial charge in [0, 0.05) is 18.0 Å². The van der Waals surface area contributed by atoms with E-state index in [0.717, 1.165) is 27.9 Å². The van der Waals surface area contributed by atoms with E-state index in [4.69, 9.17) is 0 Å². The quantitative estimate of drug-likeness (QED) is 0.722. The number of benzene rings is 1. The van der Waals surface area contributed by atoms with Gasteiger partial charge in [0.1, 0.15) is 10.4 Å². The van der Waals surface area contributed by atoms with Gasteiger partial charge in [-0.1, -0.05) is 31.2 Å². The summed E-state index contributed by atoms with van der Waals surface area (Å²) in [5, 5.41) is 0. The summed E-state index contributed by atoms with van der Waals surface area (Å²) in [5.74, 6) is 0.932. The summed E-state index contributed by atoms with van der Waals surface area (Å²) in [6.07, 6.45) is 6.55. The molecule has 0 N–H and O–H groups in total. The fourth-order valence-corrected chi connectivity index (χ4v) is 2.46. The highest BCUT2D eigenvalue weighted by Gasteiger charge is 2.10. The lowest BCUT2D eigenvalue weighted by Crippen LogP contribution is -1.90. The molecule has 0 aliphatic carbocycles. The van der Waals surface area contributed by atoms with Gasteiger partial charge in [-0.2, -0.15) is 0 Å².